The number of hydrogen-bond donors (Lipinski definition) is 0. The maximum Gasteiger partial charge on any atom is 0.0577 e. The molecule has 1 aliphatic heterocycles. The van der Waals surface area contributed by atoms with Crippen molar-refractivity contribution in [3.05, 3.63) is 70.7 Å². The molecular formula is C18H24OS. The normalized spacial score (nSPS) is 21.8. The summed E-state index contributed by atoms with van der Waals surface area (Å²) in [6, 6.07) is 8.26. The molecule has 2 heteroatoms. The molecule has 0 bridgehead atoms. The number of allylic oxidation sites excluding steroid dienone is 4. The third-order valence-electron chi connectivity index (χ3n) is 3.34. The van der Waals surface area contributed by atoms with E-state index in [2.05, 4.69) is 31.7 Å². The Bertz CT molecular complexity index is 552. The Morgan fingerprint density at radius 2 is 1.95 bits per heavy atom. The van der Waals surface area contributed by atoms with Gasteiger partial charge in [-0.15, -0.1) is 0 Å². The van der Waals surface area contributed by atoms with Crippen molar-refractivity contribution in [2.45, 2.75) is 39.4 Å². The van der Waals surface area contributed by atoms with Crippen LogP contribution >= 0.6 is 0 Å². The molecule has 0 amide bonds. The fraction of sp³-hybridized carbons (Fsp3) is 0.333. The van der Waals surface area contributed by atoms with E-state index in [4.69, 9.17) is 0 Å². The van der Waals surface area contributed by atoms with Crippen LogP contribution in [0.25, 0.3) is 0 Å². The molecule has 2 atom stereocenters. The summed E-state index contributed by atoms with van der Waals surface area (Å²) >= 11 is 0. The minimum Gasteiger partial charge on any atom is -0.254 e. The third kappa shape index (κ3) is 3.37. The molecule has 1 nitrogen and oxygen atoms in total. The predicted octanol–water partition coefficient (Wildman–Crippen LogP) is 5.09. The predicted molar refractivity (Wildman–Crippen MR) is 90.1 cm³/mol. The fourth-order valence-electron chi connectivity index (χ4n) is 2.44. The Kier molecular flexibility index (Phi) is 6.66. The van der Waals surface area contributed by atoms with Gasteiger partial charge < -0.3 is 0 Å². The van der Waals surface area contributed by atoms with E-state index in [1.165, 1.54) is 11.1 Å². The Balaban J connectivity index is 0.000000956. The maximum atomic E-state index is 12.4. The number of hydrogen-bond acceptors (Lipinski definition) is 1. The monoisotopic (exact) mass is 288 g/mol. The molecule has 0 aliphatic carbocycles. The van der Waals surface area contributed by atoms with Crippen LogP contribution in [-0.2, 0) is 16.6 Å². The summed E-state index contributed by atoms with van der Waals surface area (Å²) in [6.07, 6.45) is 5.80. The van der Waals surface area contributed by atoms with Gasteiger partial charge in [0.1, 0.15) is 0 Å². The van der Waals surface area contributed by atoms with Crippen molar-refractivity contribution in [2.24, 2.45) is 0 Å². The van der Waals surface area contributed by atoms with Crippen molar-refractivity contribution in [2.75, 3.05) is 0 Å². The SMILES string of the molecule is C=CC1=C(/C=C\C)C(C)c2ccccc2CS1=O.CC. The zero-order chi connectivity index (χ0) is 15.1. The molecule has 20 heavy (non-hydrogen) atoms. The summed E-state index contributed by atoms with van der Waals surface area (Å²) < 4.78 is 12.4. The van der Waals surface area contributed by atoms with Gasteiger partial charge in [0, 0.05) is 10.8 Å². The number of fused-ring (bicyclic) bond motifs is 1. The molecule has 0 radical (unpaired) electrons. The van der Waals surface area contributed by atoms with Crippen LogP contribution in [0.4, 0.5) is 0 Å². The molecule has 0 saturated heterocycles. The Hall–Kier alpha value is -1.41. The zero-order valence-electron chi connectivity index (χ0n) is 12.8. The molecule has 1 heterocycles. The second kappa shape index (κ2) is 8.01. The highest BCUT2D eigenvalue weighted by Gasteiger charge is 2.23. The first-order valence-electron chi connectivity index (χ1n) is 7.14. The smallest absolute Gasteiger partial charge is 0.0577 e. The molecule has 1 aliphatic rings. The van der Waals surface area contributed by atoms with Crippen LogP contribution in [-0.4, -0.2) is 4.21 Å². The lowest BCUT2D eigenvalue weighted by Gasteiger charge is -2.15. The van der Waals surface area contributed by atoms with E-state index in [0.29, 0.717) is 5.75 Å². The van der Waals surface area contributed by atoms with Gasteiger partial charge in [-0.25, -0.2) is 0 Å². The van der Waals surface area contributed by atoms with Gasteiger partial charge in [-0.2, -0.15) is 0 Å². The molecule has 108 valence electrons. The first kappa shape index (κ1) is 16.6. The molecule has 0 aromatic heterocycles. The molecule has 0 saturated carbocycles. The van der Waals surface area contributed by atoms with E-state index in [-0.39, 0.29) is 5.92 Å². The fourth-order valence-corrected chi connectivity index (χ4v) is 3.83. The quantitative estimate of drug-likeness (QED) is 0.740. The second-order valence-corrected chi connectivity index (χ2v) is 5.85. The van der Waals surface area contributed by atoms with E-state index < -0.39 is 10.8 Å². The van der Waals surface area contributed by atoms with Crippen molar-refractivity contribution < 1.29 is 4.21 Å². The highest BCUT2D eigenvalue weighted by Crippen LogP contribution is 2.35. The minimum absolute atomic E-state index is 0.261. The Labute approximate surface area is 125 Å². The summed E-state index contributed by atoms with van der Waals surface area (Å²) in [5, 5.41) is 0. The number of benzene rings is 1. The topological polar surface area (TPSA) is 17.1 Å². The van der Waals surface area contributed by atoms with Crippen LogP contribution in [0.5, 0.6) is 0 Å². The summed E-state index contributed by atoms with van der Waals surface area (Å²) in [5.41, 5.74) is 3.58. The second-order valence-electron chi connectivity index (χ2n) is 4.43. The summed E-state index contributed by atoms with van der Waals surface area (Å²) in [5.74, 6) is 0.847. The van der Waals surface area contributed by atoms with Gasteiger partial charge in [-0.3, -0.25) is 4.21 Å². The molecular weight excluding hydrogens is 264 g/mol. The number of rotatable bonds is 2. The van der Waals surface area contributed by atoms with Crippen molar-refractivity contribution in [3.8, 4) is 0 Å². The lowest BCUT2D eigenvalue weighted by molar-refractivity contribution is 0.687. The molecule has 1 aromatic carbocycles. The molecule has 2 unspecified atom stereocenters. The Morgan fingerprint density at radius 3 is 2.55 bits per heavy atom. The standard InChI is InChI=1S/C16H18OS.C2H6/c1-4-8-15-12(3)14-10-7-6-9-13(14)11-18(17)16(15)5-2;1-2/h4-10,12H,2,11H2,1,3H3;1-2H3/b8-4-;. The van der Waals surface area contributed by atoms with E-state index in [1.54, 1.807) is 6.08 Å². The molecule has 0 N–H and O–H groups in total. The van der Waals surface area contributed by atoms with Crippen LogP contribution in [0, 0.1) is 0 Å². The third-order valence-corrected chi connectivity index (χ3v) is 4.80. The lowest BCUT2D eigenvalue weighted by atomic mass is 9.89. The van der Waals surface area contributed by atoms with E-state index in [9.17, 15) is 4.21 Å². The molecule has 0 fully saturated rings. The summed E-state index contributed by atoms with van der Waals surface area (Å²) in [6.45, 7) is 12.0. The zero-order valence-corrected chi connectivity index (χ0v) is 13.7. The molecule has 2 rings (SSSR count). The minimum atomic E-state index is -0.999. The van der Waals surface area contributed by atoms with Crippen LogP contribution in [0.1, 0.15) is 44.7 Å². The highest BCUT2D eigenvalue weighted by molar-refractivity contribution is 7.88. The van der Waals surface area contributed by atoms with E-state index in [0.717, 1.165) is 10.5 Å². The highest BCUT2D eigenvalue weighted by atomic mass is 32.2. The van der Waals surface area contributed by atoms with Crippen LogP contribution in [0.3, 0.4) is 0 Å². The van der Waals surface area contributed by atoms with Gasteiger partial charge in [0.05, 0.1) is 16.6 Å². The largest absolute Gasteiger partial charge is 0.254 e. The van der Waals surface area contributed by atoms with Crippen molar-refractivity contribution in [1.29, 1.82) is 0 Å². The van der Waals surface area contributed by atoms with Gasteiger partial charge in [0.15, 0.2) is 0 Å². The molecule has 0 spiro atoms. The maximum absolute atomic E-state index is 12.4. The first-order valence-corrected chi connectivity index (χ1v) is 8.46. The molecule has 1 aromatic rings. The average molecular weight is 288 g/mol. The average Bonchev–Trinajstić information content (AvgIpc) is 2.58. The Morgan fingerprint density at radius 1 is 1.30 bits per heavy atom. The van der Waals surface area contributed by atoms with Gasteiger partial charge >= 0.3 is 0 Å². The summed E-state index contributed by atoms with van der Waals surface area (Å²) in [7, 11) is -0.999. The van der Waals surface area contributed by atoms with Gasteiger partial charge in [-0.1, -0.05) is 69.8 Å². The van der Waals surface area contributed by atoms with Crippen molar-refractivity contribution in [1.82, 2.24) is 0 Å². The van der Waals surface area contributed by atoms with E-state index in [1.807, 2.05) is 39.0 Å². The van der Waals surface area contributed by atoms with Crippen molar-refractivity contribution >= 4 is 10.8 Å². The van der Waals surface area contributed by atoms with E-state index >= 15 is 0 Å². The van der Waals surface area contributed by atoms with Gasteiger partial charge in [0.25, 0.3) is 0 Å². The van der Waals surface area contributed by atoms with Crippen LogP contribution in [0.15, 0.2) is 59.6 Å². The lowest BCUT2D eigenvalue weighted by Crippen LogP contribution is -1.99. The first-order chi connectivity index (χ1) is 9.69. The van der Waals surface area contributed by atoms with Crippen molar-refractivity contribution in [3.63, 3.8) is 0 Å². The van der Waals surface area contributed by atoms with Gasteiger partial charge in [0.2, 0.25) is 0 Å². The van der Waals surface area contributed by atoms with Gasteiger partial charge in [-0.05, 0) is 23.6 Å². The van der Waals surface area contributed by atoms with Crippen LogP contribution < -0.4 is 0 Å². The van der Waals surface area contributed by atoms with Crippen LogP contribution in [0.2, 0.25) is 0 Å². The summed E-state index contributed by atoms with van der Waals surface area (Å²) in [4.78, 5) is 0.872.